The number of carbonyl (C=O) groups is 2. The van der Waals surface area contributed by atoms with Gasteiger partial charge in [0.15, 0.2) is 0 Å². The Kier molecular flexibility index (Phi) is 7.36. The maximum atomic E-state index is 13.2. The number of nitrogens with zero attached hydrogens (tertiary/aromatic N) is 2. The van der Waals surface area contributed by atoms with Gasteiger partial charge in [0.25, 0.3) is 5.91 Å². The third-order valence-electron chi connectivity index (χ3n) is 6.50. The zero-order chi connectivity index (χ0) is 21.8. The molecule has 1 N–H and O–H groups in total. The predicted octanol–water partition coefficient (Wildman–Crippen LogP) is 2.86. The second-order valence-corrected chi connectivity index (χ2v) is 8.86. The van der Waals surface area contributed by atoms with Crippen LogP contribution in [-0.2, 0) is 9.53 Å². The fourth-order valence-electron chi connectivity index (χ4n) is 3.95. The fraction of sp³-hybridized carbons (Fsp3) is 0.652. The molecule has 1 aliphatic carbocycles. The van der Waals surface area contributed by atoms with Crippen LogP contribution in [0.15, 0.2) is 18.2 Å². The predicted molar refractivity (Wildman–Crippen MR) is 117 cm³/mol. The highest BCUT2D eigenvalue weighted by atomic mass is 16.5. The Balaban J connectivity index is 1.87. The Morgan fingerprint density at radius 3 is 2.57 bits per heavy atom. The van der Waals surface area contributed by atoms with Crippen LogP contribution < -0.4 is 10.1 Å². The minimum Gasteiger partial charge on any atom is -0.491 e. The van der Waals surface area contributed by atoms with Crippen LogP contribution in [0.4, 0.5) is 5.69 Å². The Bertz CT molecular complexity index is 765. The number of ether oxygens (including phenoxy) is 2. The van der Waals surface area contributed by atoms with E-state index in [4.69, 9.17) is 9.47 Å². The normalized spacial score (nSPS) is 26.6. The summed E-state index contributed by atoms with van der Waals surface area (Å²) >= 11 is 0. The highest BCUT2D eigenvalue weighted by Gasteiger charge is 2.28. The van der Waals surface area contributed by atoms with Crippen molar-refractivity contribution in [2.75, 3.05) is 46.2 Å². The first-order chi connectivity index (χ1) is 14.3. The van der Waals surface area contributed by atoms with Gasteiger partial charge >= 0.3 is 0 Å². The molecule has 166 valence electrons. The Labute approximate surface area is 179 Å². The van der Waals surface area contributed by atoms with Crippen molar-refractivity contribution in [3.63, 3.8) is 0 Å². The van der Waals surface area contributed by atoms with Crippen LogP contribution in [0.2, 0.25) is 0 Å². The molecule has 3 atom stereocenters. The molecule has 1 heterocycles. The standard InChI is InChI=1S/C23H35N3O4/c1-15-12-25(3)16(2)14-30-20-11-18(24-22(27)17-7-6-8-17)9-10-19(20)23(28)26(4)13-21(15)29-5/h9-11,15-17,21H,6-8,12-14H2,1-5H3,(H,24,27)/t15-,16+,21+/m0/s1. The molecule has 2 amide bonds. The van der Waals surface area contributed by atoms with Crippen molar-refractivity contribution in [1.29, 1.82) is 0 Å². The molecule has 0 aromatic heterocycles. The quantitative estimate of drug-likeness (QED) is 0.819. The topological polar surface area (TPSA) is 71.1 Å². The molecule has 0 spiro atoms. The van der Waals surface area contributed by atoms with Crippen LogP contribution >= 0.6 is 0 Å². The van der Waals surface area contributed by atoms with Gasteiger partial charge in [-0.05, 0) is 44.9 Å². The molecule has 3 rings (SSSR count). The molecular weight excluding hydrogens is 382 g/mol. The third-order valence-corrected chi connectivity index (χ3v) is 6.50. The van der Waals surface area contributed by atoms with Gasteiger partial charge < -0.3 is 19.7 Å². The van der Waals surface area contributed by atoms with Gasteiger partial charge in [-0.3, -0.25) is 14.5 Å². The molecule has 0 unspecified atom stereocenters. The second-order valence-electron chi connectivity index (χ2n) is 8.86. The fourth-order valence-corrected chi connectivity index (χ4v) is 3.95. The number of hydrogen-bond acceptors (Lipinski definition) is 5. The molecular formula is C23H35N3O4. The summed E-state index contributed by atoms with van der Waals surface area (Å²) in [5, 5.41) is 2.97. The number of nitrogens with one attached hydrogen (secondary N) is 1. The summed E-state index contributed by atoms with van der Waals surface area (Å²) in [4.78, 5) is 29.4. The van der Waals surface area contributed by atoms with Crippen LogP contribution in [-0.4, -0.2) is 74.7 Å². The molecule has 1 fully saturated rings. The maximum absolute atomic E-state index is 13.2. The number of hydrogen-bond donors (Lipinski definition) is 1. The number of carbonyl (C=O) groups excluding carboxylic acids is 2. The smallest absolute Gasteiger partial charge is 0.257 e. The second kappa shape index (κ2) is 9.79. The van der Waals surface area contributed by atoms with Gasteiger partial charge in [-0.15, -0.1) is 0 Å². The lowest BCUT2D eigenvalue weighted by Crippen LogP contribution is -2.45. The maximum Gasteiger partial charge on any atom is 0.257 e. The first-order valence-electron chi connectivity index (χ1n) is 10.9. The van der Waals surface area contributed by atoms with Gasteiger partial charge in [-0.2, -0.15) is 0 Å². The summed E-state index contributed by atoms with van der Waals surface area (Å²) in [5.41, 5.74) is 1.16. The average Bonchev–Trinajstić information content (AvgIpc) is 2.67. The van der Waals surface area contributed by atoms with Gasteiger partial charge in [0.2, 0.25) is 5.91 Å². The SMILES string of the molecule is CO[C@@H]1CN(C)C(=O)c2ccc(NC(=O)C3CCC3)cc2OC[C@@H](C)N(C)C[C@@H]1C. The molecule has 0 bridgehead atoms. The van der Waals surface area contributed by atoms with Crippen molar-refractivity contribution in [3.05, 3.63) is 23.8 Å². The Morgan fingerprint density at radius 1 is 1.20 bits per heavy atom. The van der Waals surface area contributed by atoms with E-state index < -0.39 is 0 Å². The molecule has 1 saturated carbocycles. The van der Waals surface area contributed by atoms with Crippen molar-refractivity contribution in [3.8, 4) is 5.75 Å². The highest BCUT2D eigenvalue weighted by molar-refractivity contribution is 5.99. The molecule has 0 saturated heterocycles. The summed E-state index contributed by atoms with van der Waals surface area (Å²) < 4.78 is 11.8. The molecule has 2 aliphatic rings. The lowest BCUT2D eigenvalue weighted by molar-refractivity contribution is -0.122. The number of amides is 2. The van der Waals surface area contributed by atoms with E-state index in [2.05, 4.69) is 31.1 Å². The number of methoxy groups -OCH3 is 1. The summed E-state index contributed by atoms with van der Waals surface area (Å²) in [7, 11) is 5.56. The minimum atomic E-state index is -0.113. The van der Waals surface area contributed by atoms with E-state index in [1.54, 1.807) is 37.3 Å². The summed E-state index contributed by atoms with van der Waals surface area (Å²) in [6.07, 6.45) is 2.94. The first kappa shape index (κ1) is 22.6. The highest BCUT2D eigenvalue weighted by Crippen LogP contribution is 2.30. The molecule has 1 aromatic rings. The van der Waals surface area contributed by atoms with E-state index in [-0.39, 0.29) is 35.8 Å². The van der Waals surface area contributed by atoms with Gasteiger partial charge in [0.1, 0.15) is 12.4 Å². The minimum absolute atomic E-state index is 0.0443. The van der Waals surface area contributed by atoms with Crippen molar-refractivity contribution in [2.45, 2.75) is 45.3 Å². The molecule has 7 nitrogen and oxygen atoms in total. The van der Waals surface area contributed by atoms with E-state index in [9.17, 15) is 9.59 Å². The van der Waals surface area contributed by atoms with Crippen molar-refractivity contribution in [2.24, 2.45) is 11.8 Å². The van der Waals surface area contributed by atoms with Crippen LogP contribution in [0.5, 0.6) is 5.75 Å². The van der Waals surface area contributed by atoms with Gasteiger partial charge in [-0.1, -0.05) is 13.3 Å². The Hall–Kier alpha value is -2.12. The molecule has 7 heteroatoms. The van der Waals surface area contributed by atoms with Crippen molar-refractivity contribution >= 4 is 17.5 Å². The average molecular weight is 418 g/mol. The van der Waals surface area contributed by atoms with E-state index >= 15 is 0 Å². The Morgan fingerprint density at radius 2 is 1.93 bits per heavy atom. The van der Waals surface area contributed by atoms with Crippen LogP contribution in [0.25, 0.3) is 0 Å². The first-order valence-corrected chi connectivity index (χ1v) is 10.9. The summed E-state index contributed by atoms with van der Waals surface area (Å²) in [5.74, 6) is 0.795. The third kappa shape index (κ3) is 5.13. The number of benzene rings is 1. The van der Waals surface area contributed by atoms with E-state index in [0.717, 1.165) is 25.8 Å². The van der Waals surface area contributed by atoms with E-state index in [1.165, 1.54) is 0 Å². The molecule has 0 radical (unpaired) electrons. The zero-order valence-corrected chi connectivity index (χ0v) is 18.8. The van der Waals surface area contributed by atoms with Gasteiger partial charge in [0, 0.05) is 51.0 Å². The van der Waals surface area contributed by atoms with Crippen LogP contribution in [0.1, 0.15) is 43.5 Å². The molecule has 1 aromatic carbocycles. The van der Waals surface area contributed by atoms with E-state index in [1.807, 2.05) is 0 Å². The largest absolute Gasteiger partial charge is 0.491 e. The van der Waals surface area contributed by atoms with Gasteiger partial charge in [-0.25, -0.2) is 0 Å². The molecule has 1 aliphatic heterocycles. The van der Waals surface area contributed by atoms with Crippen LogP contribution in [0, 0.1) is 11.8 Å². The lowest BCUT2D eigenvalue weighted by atomic mass is 9.85. The molecule has 30 heavy (non-hydrogen) atoms. The zero-order valence-electron chi connectivity index (χ0n) is 18.8. The van der Waals surface area contributed by atoms with Crippen molar-refractivity contribution in [1.82, 2.24) is 9.80 Å². The summed E-state index contributed by atoms with van der Waals surface area (Å²) in [6.45, 7) is 6.04. The van der Waals surface area contributed by atoms with E-state index in [0.29, 0.717) is 30.2 Å². The van der Waals surface area contributed by atoms with Gasteiger partial charge in [0.05, 0.1) is 11.7 Å². The number of rotatable bonds is 3. The lowest BCUT2D eigenvalue weighted by Gasteiger charge is -2.34. The number of fused-ring (bicyclic) bond motifs is 1. The summed E-state index contributed by atoms with van der Waals surface area (Å²) in [6, 6.07) is 5.46. The number of likely N-dealkylation sites (N-methyl/N-ethyl adjacent to an activating group) is 2. The van der Waals surface area contributed by atoms with Crippen LogP contribution in [0.3, 0.4) is 0 Å². The van der Waals surface area contributed by atoms with Crippen molar-refractivity contribution < 1.29 is 19.1 Å². The number of anilines is 1. The monoisotopic (exact) mass is 417 g/mol.